The molecule has 0 fully saturated rings. The van der Waals surface area contributed by atoms with Crippen LogP contribution in [0.4, 0.5) is 0 Å². The smallest absolute Gasteiger partial charge is 0.173 e. The highest BCUT2D eigenvalue weighted by Gasteiger charge is 2.08. The van der Waals surface area contributed by atoms with E-state index in [1.807, 2.05) is 65.4 Å². The minimum atomic E-state index is 0.807. The lowest BCUT2D eigenvalue weighted by molar-refractivity contribution is 0.841. The number of nitrogens with zero attached hydrogens (tertiary/aromatic N) is 2. The Kier molecular flexibility index (Phi) is 3.36. The second-order valence-corrected chi connectivity index (χ2v) is 5.25. The molecule has 4 heteroatoms. The van der Waals surface area contributed by atoms with E-state index in [2.05, 4.69) is 0 Å². The first-order valence-electron chi connectivity index (χ1n) is 5.92. The third-order valence-electron chi connectivity index (χ3n) is 2.94. The third kappa shape index (κ3) is 2.17. The summed E-state index contributed by atoms with van der Waals surface area (Å²) >= 11 is 7.24. The first-order valence-corrected chi connectivity index (χ1v) is 7.56. The van der Waals surface area contributed by atoms with Crippen molar-refractivity contribution in [3.05, 3.63) is 59.2 Å². The van der Waals surface area contributed by atoms with Gasteiger partial charge in [-0.05, 0) is 30.5 Å². The summed E-state index contributed by atoms with van der Waals surface area (Å²) in [4.78, 5) is 4.69. The van der Waals surface area contributed by atoms with Crippen LogP contribution in [-0.2, 0) is 0 Å². The van der Waals surface area contributed by atoms with Crippen molar-refractivity contribution in [1.82, 2.24) is 9.55 Å². The van der Waals surface area contributed by atoms with Crippen molar-refractivity contribution in [2.75, 3.05) is 6.26 Å². The molecule has 0 radical (unpaired) electrons. The molecule has 0 saturated carbocycles. The summed E-state index contributed by atoms with van der Waals surface area (Å²) in [7, 11) is 0. The van der Waals surface area contributed by atoms with Crippen LogP contribution in [0.3, 0.4) is 0 Å². The highest BCUT2D eigenvalue weighted by molar-refractivity contribution is 7.98. The van der Waals surface area contributed by atoms with Crippen molar-refractivity contribution in [2.45, 2.75) is 5.16 Å². The van der Waals surface area contributed by atoms with Crippen LogP contribution in [0.2, 0.25) is 0 Å². The Balaban J connectivity index is 2.41. The maximum atomic E-state index is 5.64. The Morgan fingerprint density at radius 3 is 2.42 bits per heavy atom. The molecule has 19 heavy (non-hydrogen) atoms. The molecular formula is C15H12N2S2. The number of benzene rings is 2. The van der Waals surface area contributed by atoms with Crippen molar-refractivity contribution in [3.63, 3.8) is 0 Å². The molecule has 0 aliphatic rings. The second kappa shape index (κ2) is 5.15. The van der Waals surface area contributed by atoms with Crippen molar-refractivity contribution in [2.24, 2.45) is 0 Å². The normalized spacial score (nSPS) is 10.8. The van der Waals surface area contributed by atoms with Gasteiger partial charge in [0.2, 0.25) is 0 Å². The minimum absolute atomic E-state index is 0.807. The van der Waals surface area contributed by atoms with Gasteiger partial charge in [-0.25, -0.2) is 4.98 Å². The van der Waals surface area contributed by atoms with Crippen LogP contribution in [0.5, 0.6) is 0 Å². The summed E-state index contributed by atoms with van der Waals surface area (Å²) in [5.41, 5.74) is 2.00. The fourth-order valence-electron chi connectivity index (χ4n) is 2.05. The number of fused-ring (bicyclic) bond motifs is 1. The number of thioether (sulfide) groups is 1. The molecule has 3 aromatic rings. The van der Waals surface area contributed by atoms with Crippen LogP contribution < -0.4 is 0 Å². The second-order valence-electron chi connectivity index (χ2n) is 4.09. The molecule has 0 atom stereocenters. The molecule has 3 rings (SSSR count). The Hall–Kier alpha value is -1.65. The first kappa shape index (κ1) is 12.4. The minimum Gasteiger partial charge on any atom is -0.279 e. The quantitative estimate of drug-likeness (QED) is 0.392. The van der Waals surface area contributed by atoms with Gasteiger partial charge in [0.15, 0.2) is 5.16 Å². The van der Waals surface area contributed by atoms with Gasteiger partial charge in [-0.2, -0.15) is 0 Å². The van der Waals surface area contributed by atoms with Crippen LogP contribution in [0.1, 0.15) is 0 Å². The molecule has 0 aliphatic heterocycles. The molecule has 0 spiro atoms. The zero-order valence-corrected chi connectivity index (χ0v) is 12.0. The zero-order valence-electron chi connectivity index (χ0n) is 10.4. The summed E-state index contributed by atoms with van der Waals surface area (Å²) in [6.07, 6.45) is 2.02. The fraction of sp³-hybridized carbons (Fsp3) is 0.0667. The Bertz CT molecular complexity index is 779. The lowest BCUT2D eigenvalue weighted by atomic mass is 10.2. The molecule has 0 saturated heterocycles. The van der Waals surface area contributed by atoms with E-state index < -0.39 is 0 Å². The fourth-order valence-corrected chi connectivity index (χ4v) is 3.05. The van der Waals surface area contributed by atoms with Crippen LogP contribution in [-0.4, -0.2) is 15.8 Å². The number of para-hydroxylation sites is 2. The molecule has 0 N–H and O–H groups in total. The predicted octanol–water partition coefficient (Wildman–Crippen LogP) is 4.48. The van der Waals surface area contributed by atoms with E-state index in [0.717, 1.165) is 26.4 Å². The van der Waals surface area contributed by atoms with E-state index in [0.29, 0.717) is 0 Å². The molecular weight excluding hydrogens is 272 g/mol. The van der Waals surface area contributed by atoms with E-state index in [9.17, 15) is 0 Å². The SMILES string of the molecule is CSc1nc2ccccc2c(=S)n1-c1ccccc1. The number of hydrogen-bond donors (Lipinski definition) is 0. The molecule has 2 aromatic carbocycles. The van der Waals surface area contributed by atoms with Crippen molar-refractivity contribution in [1.29, 1.82) is 0 Å². The molecule has 0 bridgehead atoms. The number of hydrogen-bond acceptors (Lipinski definition) is 3. The third-order valence-corrected chi connectivity index (χ3v) is 3.98. The first-order chi connectivity index (χ1) is 9.31. The maximum Gasteiger partial charge on any atom is 0.173 e. The lowest BCUT2D eigenvalue weighted by Crippen LogP contribution is -2.03. The molecule has 1 heterocycles. The van der Waals surface area contributed by atoms with Gasteiger partial charge in [-0.1, -0.05) is 54.3 Å². The monoisotopic (exact) mass is 284 g/mol. The predicted molar refractivity (Wildman–Crippen MR) is 83.7 cm³/mol. The summed E-state index contributed by atoms with van der Waals surface area (Å²) in [6, 6.07) is 18.1. The Labute approximate surface area is 121 Å². The van der Waals surface area contributed by atoms with Gasteiger partial charge in [-0.3, -0.25) is 4.57 Å². The van der Waals surface area contributed by atoms with E-state index >= 15 is 0 Å². The van der Waals surface area contributed by atoms with E-state index in [1.165, 1.54) is 0 Å². The Morgan fingerprint density at radius 1 is 1.00 bits per heavy atom. The summed E-state index contributed by atoms with van der Waals surface area (Å²) in [5, 5.41) is 1.93. The number of rotatable bonds is 2. The van der Waals surface area contributed by atoms with Crippen LogP contribution in [0, 0.1) is 4.64 Å². The summed E-state index contributed by atoms with van der Waals surface area (Å²) in [6.45, 7) is 0. The molecule has 94 valence electrons. The van der Waals surface area contributed by atoms with Gasteiger partial charge in [0.05, 0.1) is 5.52 Å². The maximum absolute atomic E-state index is 5.64. The zero-order chi connectivity index (χ0) is 13.2. The van der Waals surface area contributed by atoms with E-state index in [-0.39, 0.29) is 0 Å². The van der Waals surface area contributed by atoms with Crippen LogP contribution >= 0.6 is 24.0 Å². The number of aromatic nitrogens is 2. The van der Waals surface area contributed by atoms with Crippen LogP contribution in [0.25, 0.3) is 16.6 Å². The largest absolute Gasteiger partial charge is 0.279 e. The molecule has 0 amide bonds. The highest BCUT2D eigenvalue weighted by Crippen LogP contribution is 2.24. The summed E-state index contributed by atoms with van der Waals surface area (Å²) < 4.78 is 2.84. The average molecular weight is 284 g/mol. The van der Waals surface area contributed by atoms with Gasteiger partial charge in [0.25, 0.3) is 0 Å². The van der Waals surface area contributed by atoms with Crippen molar-refractivity contribution < 1.29 is 0 Å². The summed E-state index contributed by atoms with van der Waals surface area (Å²) in [5.74, 6) is 0. The molecule has 1 aromatic heterocycles. The van der Waals surface area contributed by atoms with E-state index in [1.54, 1.807) is 11.8 Å². The van der Waals surface area contributed by atoms with Crippen LogP contribution in [0.15, 0.2) is 59.8 Å². The standard InChI is InChI=1S/C15H12N2S2/c1-19-15-16-13-10-6-5-9-12(13)14(18)17(15)11-7-3-2-4-8-11/h2-10H,1H3. The lowest BCUT2D eigenvalue weighted by Gasteiger charge is -2.13. The highest BCUT2D eigenvalue weighted by atomic mass is 32.2. The van der Waals surface area contributed by atoms with Crippen molar-refractivity contribution in [3.8, 4) is 5.69 Å². The van der Waals surface area contributed by atoms with Gasteiger partial charge in [-0.15, -0.1) is 0 Å². The topological polar surface area (TPSA) is 17.8 Å². The Morgan fingerprint density at radius 2 is 1.68 bits per heavy atom. The average Bonchev–Trinajstić information content (AvgIpc) is 2.48. The van der Waals surface area contributed by atoms with Gasteiger partial charge in [0.1, 0.15) is 4.64 Å². The van der Waals surface area contributed by atoms with Gasteiger partial charge >= 0.3 is 0 Å². The van der Waals surface area contributed by atoms with Gasteiger partial charge in [0, 0.05) is 11.1 Å². The molecule has 2 nitrogen and oxygen atoms in total. The van der Waals surface area contributed by atoms with Crippen molar-refractivity contribution >= 4 is 34.9 Å². The molecule has 0 unspecified atom stereocenters. The van der Waals surface area contributed by atoms with E-state index in [4.69, 9.17) is 17.2 Å². The molecule has 0 aliphatic carbocycles. The van der Waals surface area contributed by atoms with Gasteiger partial charge < -0.3 is 0 Å².